The van der Waals surface area contributed by atoms with E-state index in [1.807, 2.05) is 11.6 Å². The first-order valence-corrected chi connectivity index (χ1v) is 6.07. The molecular weight excluding hydrogens is 200 g/mol. The lowest BCUT2D eigenvalue weighted by Gasteiger charge is -2.21. The largest absolute Gasteiger partial charge is 0.327 e. The van der Waals surface area contributed by atoms with Gasteiger partial charge in [-0.2, -0.15) is 5.10 Å². The molecule has 0 aliphatic carbocycles. The van der Waals surface area contributed by atoms with Gasteiger partial charge in [0.05, 0.1) is 5.69 Å². The Hall–Kier alpha value is -0.870. The molecule has 0 spiro atoms. The zero-order chi connectivity index (χ0) is 12.1. The molecule has 1 aromatic heterocycles. The van der Waals surface area contributed by atoms with Gasteiger partial charge in [-0.15, -0.1) is 0 Å². The lowest BCUT2D eigenvalue weighted by atomic mass is 10.2. The second kappa shape index (κ2) is 6.01. The molecule has 0 amide bonds. The van der Waals surface area contributed by atoms with Gasteiger partial charge in [0.25, 0.3) is 0 Å². The van der Waals surface area contributed by atoms with Gasteiger partial charge < -0.3 is 5.73 Å². The maximum absolute atomic E-state index is 5.83. The number of rotatable bonds is 6. The van der Waals surface area contributed by atoms with E-state index in [1.54, 1.807) is 0 Å². The maximum Gasteiger partial charge on any atom is 0.0638 e. The maximum atomic E-state index is 5.83. The van der Waals surface area contributed by atoms with Gasteiger partial charge in [0, 0.05) is 37.4 Å². The molecular formula is C12H24N4. The monoisotopic (exact) mass is 224 g/mol. The van der Waals surface area contributed by atoms with Crippen molar-refractivity contribution >= 4 is 0 Å². The molecule has 2 N–H and O–H groups in total. The highest BCUT2D eigenvalue weighted by Gasteiger charge is 2.10. The van der Waals surface area contributed by atoms with Crippen molar-refractivity contribution in [1.82, 2.24) is 14.7 Å². The van der Waals surface area contributed by atoms with Crippen LogP contribution in [-0.4, -0.2) is 33.8 Å². The van der Waals surface area contributed by atoms with Gasteiger partial charge in [0.15, 0.2) is 0 Å². The van der Waals surface area contributed by atoms with Crippen LogP contribution in [-0.2, 0) is 13.1 Å². The van der Waals surface area contributed by atoms with Crippen LogP contribution in [0.25, 0.3) is 0 Å². The molecule has 0 aliphatic heterocycles. The molecule has 1 heterocycles. The second-order valence-corrected chi connectivity index (χ2v) is 4.40. The van der Waals surface area contributed by atoms with Crippen LogP contribution in [0.15, 0.2) is 6.20 Å². The molecule has 16 heavy (non-hydrogen) atoms. The molecule has 1 atom stereocenters. The zero-order valence-electron chi connectivity index (χ0n) is 10.9. The molecule has 0 fully saturated rings. The summed E-state index contributed by atoms with van der Waals surface area (Å²) in [5, 5.41) is 4.45. The van der Waals surface area contributed by atoms with Crippen molar-refractivity contribution in [2.75, 3.05) is 13.1 Å². The summed E-state index contributed by atoms with van der Waals surface area (Å²) in [6, 6.07) is 0.224. The average molecular weight is 224 g/mol. The van der Waals surface area contributed by atoms with E-state index < -0.39 is 0 Å². The summed E-state index contributed by atoms with van der Waals surface area (Å²) in [6.45, 7) is 12.2. The highest BCUT2D eigenvalue weighted by molar-refractivity contribution is 5.15. The number of nitrogens with two attached hydrogens (primary N) is 1. The molecule has 1 aromatic rings. The Bertz CT molecular complexity index is 317. The Morgan fingerprint density at radius 3 is 2.62 bits per heavy atom. The second-order valence-electron chi connectivity index (χ2n) is 4.40. The normalized spacial score (nSPS) is 13.4. The van der Waals surface area contributed by atoms with Crippen LogP contribution < -0.4 is 5.73 Å². The van der Waals surface area contributed by atoms with Crippen molar-refractivity contribution in [3.63, 3.8) is 0 Å². The van der Waals surface area contributed by atoms with E-state index in [9.17, 15) is 0 Å². The Kier molecular flexibility index (Phi) is 4.96. The predicted molar refractivity (Wildman–Crippen MR) is 67.2 cm³/mol. The van der Waals surface area contributed by atoms with Crippen molar-refractivity contribution in [3.8, 4) is 0 Å². The summed E-state index contributed by atoms with van der Waals surface area (Å²) in [5.41, 5.74) is 8.27. The van der Waals surface area contributed by atoms with Gasteiger partial charge in [-0.05, 0) is 27.3 Å². The summed E-state index contributed by atoms with van der Waals surface area (Å²) >= 11 is 0. The molecule has 1 unspecified atom stereocenters. The van der Waals surface area contributed by atoms with Gasteiger partial charge in [-0.1, -0.05) is 6.92 Å². The molecule has 4 heteroatoms. The van der Waals surface area contributed by atoms with Crippen molar-refractivity contribution in [2.45, 2.75) is 46.8 Å². The van der Waals surface area contributed by atoms with Gasteiger partial charge in [0.2, 0.25) is 0 Å². The van der Waals surface area contributed by atoms with Crippen molar-refractivity contribution < 1.29 is 0 Å². The summed E-state index contributed by atoms with van der Waals surface area (Å²) in [4.78, 5) is 2.36. The van der Waals surface area contributed by atoms with Gasteiger partial charge in [0.1, 0.15) is 0 Å². The Labute approximate surface area is 98.4 Å². The third-order valence-corrected chi connectivity index (χ3v) is 2.76. The first-order valence-electron chi connectivity index (χ1n) is 6.07. The summed E-state index contributed by atoms with van der Waals surface area (Å²) < 4.78 is 1.99. The Balaban J connectivity index is 2.65. The lowest BCUT2D eigenvalue weighted by molar-refractivity contribution is 0.266. The van der Waals surface area contributed by atoms with Crippen LogP contribution in [0.4, 0.5) is 0 Å². The quantitative estimate of drug-likeness (QED) is 0.794. The van der Waals surface area contributed by atoms with Crippen LogP contribution in [0.3, 0.4) is 0 Å². The molecule has 0 radical (unpaired) electrons. The van der Waals surface area contributed by atoms with Crippen LogP contribution in [0.1, 0.15) is 32.0 Å². The minimum absolute atomic E-state index is 0.224. The van der Waals surface area contributed by atoms with E-state index >= 15 is 0 Å². The molecule has 0 saturated heterocycles. The number of nitrogens with zero attached hydrogens (tertiary/aromatic N) is 3. The summed E-state index contributed by atoms with van der Waals surface area (Å²) in [6.07, 6.45) is 2.14. The molecule has 1 rings (SSSR count). The molecule has 92 valence electrons. The number of hydrogen-bond acceptors (Lipinski definition) is 3. The number of aromatic nitrogens is 2. The first kappa shape index (κ1) is 13.2. The molecule has 0 aromatic carbocycles. The van der Waals surface area contributed by atoms with Gasteiger partial charge >= 0.3 is 0 Å². The first-order chi connectivity index (χ1) is 7.56. The third-order valence-electron chi connectivity index (χ3n) is 2.76. The lowest BCUT2D eigenvalue weighted by Crippen LogP contribution is -2.35. The molecule has 0 aliphatic rings. The molecule has 4 nitrogen and oxygen atoms in total. The number of hydrogen-bond donors (Lipinski definition) is 1. The highest BCUT2D eigenvalue weighted by atomic mass is 15.3. The fourth-order valence-corrected chi connectivity index (χ4v) is 1.83. The summed E-state index contributed by atoms with van der Waals surface area (Å²) in [5.74, 6) is 0. The topological polar surface area (TPSA) is 47.1 Å². The van der Waals surface area contributed by atoms with E-state index in [-0.39, 0.29) is 6.04 Å². The van der Waals surface area contributed by atoms with E-state index in [0.717, 1.165) is 31.9 Å². The standard InChI is InChI=1S/C12H24N4/c1-5-15(7-10(3)13)8-12-9-16(6-2)14-11(12)4/h9-10H,5-8,13H2,1-4H3. The Morgan fingerprint density at radius 1 is 1.50 bits per heavy atom. The molecule has 0 saturated carbocycles. The van der Waals surface area contributed by atoms with Gasteiger partial charge in [-0.25, -0.2) is 0 Å². The minimum Gasteiger partial charge on any atom is -0.327 e. The van der Waals surface area contributed by atoms with Crippen LogP contribution >= 0.6 is 0 Å². The van der Waals surface area contributed by atoms with Crippen molar-refractivity contribution in [2.24, 2.45) is 5.73 Å². The van der Waals surface area contributed by atoms with E-state index in [2.05, 4.69) is 37.0 Å². The minimum atomic E-state index is 0.224. The Morgan fingerprint density at radius 2 is 2.19 bits per heavy atom. The van der Waals surface area contributed by atoms with Crippen LogP contribution in [0.5, 0.6) is 0 Å². The van der Waals surface area contributed by atoms with E-state index in [0.29, 0.717) is 0 Å². The number of aryl methyl sites for hydroxylation is 2. The predicted octanol–water partition coefficient (Wildman–Crippen LogP) is 1.38. The average Bonchev–Trinajstić information content (AvgIpc) is 2.58. The smallest absolute Gasteiger partial charge is 0.0638 e. The zero-order valence-corrected chi connectivity index (χ0v) is 10.9. The van der Waals surface area contributed by atoms with Crippen molar-refractivity contribution in [1.29, 1.82) is 0 Å². The number of likely N-dealkylation sites (N-methyl/N-ethyl adjacent to an activating group) is 1. The fraction of sp³-hybridized carbons (Fsp3) is 0.750. The SMILES string of the molecule is CCN(Cc1cn(CC)nc1C)CC(C)N. The van der Waals surface area contributed by atoms with E-state index in [1.165, 1.54) is 5.56 Å². The third kappa shape index (κ3) is 3.61. The van der Waals surface area contributed by atoms with Crippen molar-refractivity contribution in [3.05, 3.63) is 17.5 Å². The van der Waals surface area contributed by atoms with E-state index in [4.69, 9.17) is 5.73 Å². The van der Waals surface area contributed by atoms with Gasteiger partial charge in [-0.3, -0.25) is 9.58 Å². The molecule has 0 bridgehead atoms. The highest BCUT2D eigenvalue weighted by Crippen LogP contribution is 2.09. The van der Waals surface area contributed by atoms with Crippen LogP contribution in [0, 0.1) is 6.92 Å². The fourth-order valence-electron chi connectivity index (χ4n) is 1.83. The van der Waals surface area contributed by atoms with Crippen LogP contribution in [0.2, 0.25) is 0 Å². The summed E-state index contributed by atoms with van der Waals surface area (Å²) in [7, 11) is 0.